The molecule has 0 fully saturated rings. The molecule has 96 valence electrons. The number of thiophene rings is 1. The fraction of sp³-hybridized carbons (Fsp3) is 0.0714. The summed E-state index contributed by atoms with van der Waals surface area (Å²) in [7, 11) is 0. The first-order valence-corrected chi connectivity index (χ1v) is 7.07. The standard InChI is InChI=1S/C14H11ClN2OS/c15-10-3-4-12-9(6-10)7-13(17-12)14(18)16-8-11-2-1-5-19-11/h1-7,17H,8H2,(H,16,18). The van der Waals surface area contributed by atoms with Gasteiger partial charge in [-0.15, -0.1) is 11.3 Å². The first-order valence-electron chi connectivity index (χ1n) is 5.81. The molecule has 3 rings (SSSR count). The lowest BCUT2D eigenvalue weighted by Crippen LogP contribution is -2.22. The van der Waals surface area contributed by atoms with Crippen LogP contribution < -0.4 is 5.32 Å². The lowest BCUT2D eigenvalue weighted by Gasteiger charge is -2.00. The second-order valence-electron chi connectivity index (χ2n) is 4.18. The summed E-state index contributed by atoms with van der Waals surface area (Å²) in [6.45, 7) is 0.548. The number of aromatic amines is 1. The zero-order valence-electron chi connectivity index (χ0n) is 9.94. The van der Waals surface area contributed by atoms with Crippen molar-refractivity contribution >= 4 is 39.7 Å². The summed E-state index contributed by atoms with van der Waals surface area (Å²) in [6, 6.07) is 11.3. The van der Waals surface area contributed by atoms with Crippen LogP contribution in [-0.2, 0) is 6.54 Å². The summed E-state index contributed by atoms with van der Waals surface area (Å²) < 4.78 is 0. The summed E-state index contributed by atoms with van der Waals surface area (Å²) >= 11 is 7.55. The van der Waals surface area contributed by atoms with Crippen molar-refractivity contribution < 1.29 is 4.79 Å². The lowest BCUT2D eigenvalue weighted by atomic mass is 10.2. The van der Waals surface area contributed by atoms with Crippen LogP contribution in [0, 0.1) is 0 Å². The molecule has 0 aliphatic heterocycles. The second kappa shape index (κ2) is 5.07. The largest absolute Gasteiger partial charge is 0.351 e. The van der Waals surface area contributed by atoms with Crippen molar-refractivity contribution in [1.29, 1.82) is 0 Å². The highest BCUT2D eigenvalue weighted by Gasteiger charge is 2.09. The fourth-order valence-corrected chi connectivity index (χ4v) is 2.73. The second-order valence-corrected chi connectivity index (χ2v) is 5.65. The number of hydrogen-bond donors (Lipinski definition) is 2. The molecule has 1 aromatic carbocycles. The molecule has 0 atom stereocenters. The predicted molar refractivity (Wildman–Crippen MR) is 78.8 cm³/mol. The van der Waals surface area contributed by atoms with E-state index < -0.39 is 0 Å². The summed E-state index contributed by atoms with van der Waals surface area (Å²) in [5.41, 5.74) is 1.46. The molecule has 2 heterocycles. The Hall–Kier alpha value is -1.78. The van der Waals surface area contributed by atoms with Crippen LogP contribution in [-0.4, -0.2) is 10.9 Å². The van der Waals surface area contributed by atoms with Crippen LogP contribution in [0.25, 0.3) is 10.9 Å². The average molecular weight is 291 g/mol. The number of benzene rings is 1. The summed E-state index contributed by atoms with van der Waals surface area (Å²) in [6.07, 6.45) is 0. The minimum atomic E-state index is -0.110. The normalized spacial score (nSPS) is 10.8. The van der Waals surface area contributed by atoms with E-state index in [-0.39, 0.29) is 5.91 Å². The Bertz CT molecular complexity index is 718. The van der Waals surface area contributed by atoms with Gasteiger partial charge >= 0.3 is 0 Å². The Balaban J connectivity index is 1.77. The minimum absolute atomic E-state index is 0.110. The third kappa shape index (κ3) is 2.64. The molecule has 0 saturated heterocycles. The number of amides is 1. The van der Waals surface area contributed by atoms with Gasteiger partial charge in [0.2, 0.25) is 0 Å². The Morgan fingerprint density at radius 1 is 1.32 bits per heavy atom. The van der Waals surface area contributed by atoms with E-state index in [2.05, 4.69) is 10.3 Å². The molecule has 5 heteroatoms. The molecule has 0 radical (unpaired) electrons. The smallest absolute Gasteiger partial charge is 0.268 e. The maximum Gasteiger partial charge on any atom is 0.268 e. The number of halogens is 1. The molecule has 19 heavy (non-hydrogen) atoms. The molecule has 3 nitrogen and oxygen atoms in total. The number of hydrogen-bond acceptors (Lipinski definition) is 2. The molecular weight excluding hydrogens is 280 g/mol. The molecular formula is C14H11ClN2OS. The number of aromatic nitrogens is 1. The number of carbonyl (C=O) groups is 1. The highest BCUT2D eigenvalue weighted by Crippen LogP contribution is 2.20. The molecule has 0 unspecified atom stereocenters. The SMILES string of the molecule is O=C(NCc1cccs1)c1cc2cc(Cl)ccc2[nH]1. The molecule has 0 aliphatic rings. The third-order valence-electron chi connectivity index (χ3n) is 2.83. The van der Waals surface area contributed by atoms with Crippen molar-refractivity contribution in [1.82, 2.24) is 10.3 Å². The maximum atomic E-state index is 12.0. The first-order chi connectivity index (χ1) is 9.22. The molecule has 0 bridgehead atoms. The van der Waals surface area contributed by atoms with E-state index in [0.717, 1.165) is 15.8 Å². The highest BCUT2D eigenvalue weighted by atomic mass is 35.5. The van der Waals surface area contributed by atoms with Crippen LogP contribution in [0.15, 0.2) is 41.8 Å². The van der Waals surface area contributed by atoms with Gasteiger partial charge in [0.05, 0.1) is 6.54 Å². The van der Waals surface area contributed by atoms with Crippen LogP contribution in [0.1, 0.15) is 15.4 Å². The van der Waals surface area contributed by atoms with Crippen LogP contribution in [0.3, 0.4) is 0 Å². The Labute approximate surface area is 119 Å². The number of rotatable bonds is 3. The minimum Gasteiger partial charge on any atom is -0.351 e. The van der Waals surface area contributed by atoms with Crippen LogP contribution >= 0.6 is 22.9 Å². The van der Waals surface area contributed by atoms with E-state index >= 15 is 0 Å². The zero-order valence-corrected chi connectivity index (χ0v) is 11.5. The topological polar surface area (TPSA) is 44.9 Å². The molecule has 2 aromatic heterocycles. The van der Waals surface area contributed by atoms with Gasteiger partial charge in [0.15, 0.2) is 0 Å². The van der Waals surface area contributed by atoms with Crippen LogP contribution in [0.2, 0.25) is 5.02 Å². The van der Waals surface area contributed by atoms with Crippen LogP contribution in [0.4, 0.5) is 0 Å². The van der Waals surface area contributed by atoms with Gasteiger partial charge in [-0.2, -0.15) is 0 Å². The van der Waals surface area contributed by atoms with Crippen molar-refractivity contribution in [3.05, 3.63) is 57.4 Å². The van der Waals surface area contributed by atoms with E-state index in [1.807, 2.05) is 35.7 Å². The first kappa shape index (κ1) is 12.3. The molecule has 2 N–H and O–H groups in total. The van der Waals surface area contributed by atoms with Crippen LogP contribution in [0.5, 0.6) is 0 Å². The van der Waals surface area contributed by atoms with Gasteiger partial charge in [-0.05, 0) is 35.7 Å². The quantitative estimate of drug-likeness (QED) is 0.757. The van der Waals surface area contributed by atoms with E-state index in [9.17, 15) is 4.79 Å². The van der Waals surface area contributed by atoms with Gasteiger partial charge in [-0.3, -0.25) is 4.79 Å². The molecule has 0 spiro atoms. The van der Waals surface area contributed by atoms with E-state index in [4.69, 9.17) is 11.6 Å². The van der Waals surface area contributed by atoms with Gasteiger partial charge < -0.3 is 10.3 Å². The van der Waals surface area contributed by atoms with Crippen molar-refractivity contribution in [3.63, 3.8) is 0 Å². The van der Waals surface area contributed by atoms with Crippen molar-refractivity contribution in [2.75, 3.05) is 0 Å². The Kier molecular flexibility index (Phi) is 3.27. The predicted octanol–water partition coefficient (Wildman–Crippen LogP) is 3.81. The molecule has 3 aromatic rings. The lowest BCUT2D eigenvalue weighted by molar-refractivity contribution is 0.0947. The Morgan fingerprint density at radius 3 is 3.00 bits per heavy atom. The summed E-state index contributed by atoms with van der Waals surface area (Å²) in [5, 5.41) is 6.48. The zero-order chi connectivity index (χ0) is 13.2. The van der Waals surface area contributed by atoms with Crippen molar-refractivity contribution in [2.24, 2.45) is 0 Å². The van der Waals surface area contributed by atoms with Gasteiger partial charge in [0.1, 0.15) is 5.69 Å². The monoisotopic (exact) mass is 290 g/mol. The number of fused-ring (bicyclic) bond motifs is 1. The van der Waals surface area contributed by atoms with Gasteiger partial charge in [0, 0.05) is 20.8 Å². The number of nitrogens with one attached hydrogen (secondary N) is 2. The Morgan fingerprint density at radius 2 is 2.21 bits per heavy atom. The summed E-state index contributed by atoms with van der Waals surface area (Å²) in [5.74, 6) is -0.110. The number of carbonyl (C=O) groups excluding carboxylic acids is 1. The third-order valence-corrected chi connectivity index (χ3v) is 3.94. The van der Waals surface area contributed by atoms with E-state index in [0.29, 0.717) is 17.3 Å². The molecule has 0 saturated carbocycles. The van der Waals surface area contributed by atoms with Gasteiger partial charge in [0.25, 0.3) is 5.91 Å². The van der Waals surface area contributed by atoms with E-state index in [1.165, 1.54) is 0 Å². The highest BCUT2D eigenvalue weighted by molar-refractivity contribution is 7.09. The summed E-state index contributed by atoms with van der Waals surface area (Å²) in [4.78, 5) is 16.2. The van der Waals surface area contributed by atoms with Gasteiger partial charge in [-0.25, -0.2) is 0 Å². The van der Waals surface area contributed by atoms with Gasteiger partial charge in [-0.1, -0.05) is 17.7 Å². The molecule has 1 amide bonds. The maximum absolute atomic E-state index is 12.0. The van der Waals surface area contributed by atoms with Crippen molar-refractivity contribution in [2.45, 2.75) is 6.54 Å². The van der Waals surface area contributed by atoms with Crippen molar-refractivity contribution in [3.8, 4) is 0 Å². The molecule has 0 aliphatic carbocycles. The number of H-pyrrole nitrogens is 1. The average Bonchev–Trinajstić information content (AvgIpc) is 3.04. The van der Waals surface area contributed by atoms with E-state index in [1.54, 1.807) is 17.4 Å². The fourth-order valence-electron chi connectivity index (χ4n) is 1.90.